The second-order valence-electron chi connectivity index (χ2n) is 4.78. The molecule has 1 atom stereocenters. The number of amides is 1. The zero-order chi connectivity index (χ0) is 13.5. The van der Waals surface area contributed by atoms with Crippen molar-refractivity contribution in [2.45, 2.75) is 32.3 Å². The van der Waals surface area contributed by atoms with E-state index in [2.05, 4.69) is 6.92 Å². The molecule has 4 heteroatoms. The minimum Gasteiger partial charge on any atom is -0.490 e. The molecule has 0 bridgehead atoms. The molecule has 4 nitrogen and oxygen atoms in total. The van der Waals surface area contributed by atoms with Crippen LogP contribution in [0.1, 0.15) is 26.2 Å². The van der Waals surface area contributed by atoms with Crippen molar-refractivity contribution < 1.29 is 14.3 Å². The molecular formula is C15H21NO3. The molecule has 0 spiro atoms. The van der Waals surface area contributed by atoms with E-state index in [-0.39, 0.29) is 12.2 Å². The lowest BCUT2D eigenvalue weighted by Gasteiger charge is -2.12. The largest absolute Gasteiger partial charge is 0.490 e. The molecule has 1 amide bonds. The molecule has 0 aliphatic carbocycles. The van der Waals surface area contributed by atoms with Crippen molar-refractivity contribution in [1.82, 2.24) is 4.90 Å². The van der Waals surface area contributed by atoms with Crippen molar-refractivity contribution in [1.29, 1.82) is 0 Å². The summed E-state index contributed by atoms with van der Waals surface area (Å²) in [5.74, 6) is 0.808. The van der Waals surface area contributed by atoms with Gasteiger partial charge >= 0.3 is 6.09 Å². The van der Waals surface area contributed by atoms with E-state index in [1.54, 1.807) is 4.90 Å². The molecule has 19 heavy (non-hydrogen) atoms. The van der Waals surface area contributed by atoms with E-state index in [0.717, 1.165) is 31.6 Å². The Bertz CT molecular complexity index is 394. The minimum absolute atomic E-state index is 0.158. The van der Waals surface area contributed by atoms with Crippen molar-refractivity contribution in [3.05, 3.63) is 30.3 Å². The van der Waals surface area contributed by atoms with E-state index in [1.165, 1.54) is 0 Å². The van der Waals surface area contributed by atoms with Gasteiger partial charge in [0.25, 0.3) is 0 Å². The second-order valence-corrected chi connectivity index (χ2v) is 4.78. The standard InChI is InChI=1S/C15H21NO3/c1-2-3-7-10-16-11-14(19-15(16)17)12-18-13-8-5-4-6-9-13/h4-6,8-9,14H,2-3,7,10-12H2,1H3. The first-order valence-corrected chi connectivity index (χ1v) is 6.93. The predicted octanol–water partition coefficient (Wildman–Crippen LogP) is 3.08. The number of rotatable bonds is 7. The van der Waals surface area contributed by atoms with Gasteiger partial charge in [-0.2, -0.15) is 0 Å². The summed E-state index contributed by atoms with van der Waals surface area (Å²) in [5.41, 5.74) is 0. The Kier molecular flexibility index (Phi) is 5.07. The minimum atomic E-state index is -0.210. The van der Waals surface area contributed by atoms with Crippen LogP contribution in [-0.4, -0.2) is 36.8 Å². The third kappa shape index (κ3) is 4.16. The summed E-state index contributed by atoms with van der Waals surface area (Å²) in [4.78, 5) is 13.4. The summed E-state index contributed by atoms with van der Waals surface area (Å²) < 4.78 is 10.9. The molecule has 0 N–H and O–H groups in total. The summed E-state index contributed by atoms with van der Waals surface area (Å²) >= 11 is 0. The summed E-state index contributed by atoms with van der Waals surface area (Å²) in [5, 5.41) is 0. The number of hydrogen-bond donors (Lipinski definition) is 0. The van der Waals surface area contributed by atoms with Gasteiger partial charge in [-0.05, 0) is 18.6 Å². The molecule has 1 aromatic carbocycles. The topological polar surface area (TPSA) is 38.8 Å². The van der Waals surface area contributed by atoms with Crippen LogP contribution in [0.4, 0.5) is 4.79 Å². The highest BCUT2D eigenvalue weighted by Crippen LogP contribution is 2.15. The summed E-state index contributed by atoms with van der Waals surface area (Å²) in [6.07, 6.45) is 2.98. The van der Waals surface area contributed by atoms with E-state index in [4.69, 9.17) is 9.47 Å². The Morgan fingerprint density at radius 3 is 2.84 bits per heavy atom. The zero-order valence-corrected chi connectivity index (χ0v) is 11.4. The Hall–Kier alpha value is -1.71. The maximum atomic E-state index is 11.6. The Morgan fingerprint density at radius 1 is 1.32 bits per heavy atom. The SMILES string of the molecule is CCCCCN1CC(COc2ccccc2)OC1=O. The van der Waals surface area contributed by atoms with E-state index < -0.39 is 0 Å². The van der Waals surface area contributed by atoms with Crippen LogP contribution in [0.5, 0.6) is 5.75 Å². The molecule has 1 aliphatic heterocycles. The molecule has 0 radical (unpaired) electrons. The molecular weight excluding hydrogens is 242 g/mol. The first-order chi connectivity index (χ1) is 9.29. The van der Waals surface area contributed by atoms with Crippen LogP contribution in [0.3, 0.4) is 0 Å². The average Bonchev–Trinajstić information content (AvgIpc) is 2.79. The van der Waals surface area contributed by atoms with Crippen molar-refractivity contribution in [2.24, 2.45) is 0 Å². The van der Waals surface area contributed by atoms with Crippen LogP contribution in [0.15, 0.2) is 30.3 Å². The summed E-state index contributed by atoms with van der Waals surface area (Å²) in [7, 11) is 0. The Morgan fingerprint density at radius 2 is 2.11 bits per heavy atom. The number of carbonyl (C=O) groups is 1. The molecule has 1 saturated heterocycles. The first kappa shape index (κ1) is 13.7. The predicted molar refractivity (Wildman–Crippen MR) is 73.3 cm³/mol. The van der Waals surface area contributed by atoms with Crippen molar-refractivity contribution in [3.63, 3.8) is 0 Å². The van der Waals surface area contributed by atoms with Gasteiger partial charge in [0, 0.05) is 6.54 Å². The maximum Gasteiger partial charge on any atom is 0.410 e. The molecule has 1 aliphatic rings. The van der Waals surface area contributed by atoms with E-state index in [1.807, 2.05) is 30.3 Å². The molecule has 1 fully saturated rings. The third-order valence-electron chi connectivity index (χ3n) is 3.16. The van der Waals surface area contributed by atoms with Crippen molar-refractivity contribution in [2.75, 3.05) is 19.7 Å². The number of ether oxygens (including phenoxy) is 2. The first-order valence-electron chi connectivity index (χ1n) is 6.93. The Balaban J connectivity index is 1.73. The Labute approximate surface area is 114 Å². The van der Waals surface area contributed by atoms with Gasteiger partial charge in [-0.25, -0.2) is 4.79 Å². The monoisotopic (exact) mass is 263 g/mol. The number of benzene rings is 1. The van der Waals surface area contributed by atoms with Crippen molar-refractivity contribution >= 4 is 6.09 Å². The fourth-order valence-electron chi connectivity index (χ4n) is 2.10. The fraction of sp³-hybridized carbons (Fsp3) is 0.533. The number of cyclic esters (lactones) is 1. The van der Waals surface area contributed by atoms with Gasteiger partial charge in [-0.3, -0.25) is 0 Å². The molecule has 104 valence electrons. The van der Waals surface area contributed by atoms with Gasteiger partial charge in [0.15, 0.2) is 6.10 Å². The quantitative estimate of drug-likeness (QED) is 0.710. The van der Waals surface area contributed by atoms with Crippen LogP contribution < -0.4 is 4.74 Å². The smallest absolute Gasteiger partial charge is 0.410 e. The molecule has 0 aromatic heterocycles. The number of hydrogen-bond acceptors (Lipinski definition) is 3. The number of para-hydroxylation sites is 1. The van der Waals surface area contributed by atoms with Crippen LogP contribution >= 0.6 is 0 Å². The lowest BCUT2D eigenvalue weighted by atomic mass is 10.2. The highest BCUT2D eigenvalue weighted by atomic mass is 16.6. The van der Waals surface area contributed by atoms with Gasteiger partial charge in [-0.1, -0.05) is 38.0 Å². The van der Waals surface area contributed by atoms with Crippen LogP contribution in [0.2, 0.25) is 0 Å². The molecule has 1 heterocycles. The molecule has 1 aromatic rings. The second kappa shape index (κ2) is 7.02. The summed E-state index contributed by atoms with van der Waals surface area (Å²) in [6.45, 7) is 3.99. The lowest BCUT2D eigenvalue weighted by molar-refractivity contribution is 0.103. The van der Waals surface area contributed by atoms with E-state index >= 15 is 0 Å². The van der Waals surface area contributed by atoms with Crippen LogP contribution in [0, 0.1) is 0 Å². The summed E-state index contributed by atoms with van der Waals surface area (Å²) in [6, 6.07) is 9.59. The van der Waals surface area contributed by atoms with Crippen LogP contribution in [0.25, 0.3) is 0 Å². The fourth-order valence-corrected chi connectivity index (χ4v) is 2.10. The lowest BCUT2D eigenvalue weighted by Crippen LogP contribution is -2.27. The van der Waals surface area contributed by atoms with Crippen LogP contribution in [-0.2, 0) is 4.74 Å². The number of carbonyl (C=O) groups excluding carboxylic acids is 1. The van der Waals surface area contributed by atoms with Gasteiger partial charge in [0.1, 0.15) is 12.4 Å². The van der Waals surface area contributed by atoms with E-state index in [0.29, 0.717) is 13.2 Å². The van der Waals surface area contributed by atoms with E-state index in [9.17, 15) is 4.79 Å². The maximum absolute atomic E-state index is 11.6. The van der Waals surface area contributed by atoms with Crippen molar-refractivity contribution in [3.8, 4) is 5.75 Å². The average molecular weight is 263 g/mol. The van der Waals surface area contributed by atoms with Gasteiger partial charge in [0.05, 0.1) is 6.54 Å². The van der Waals surface area contributed by atoms with Gasteiger partial charge in [0.2, 0.25) is 0 Å². The van der Waals surface area contributed by atoms with Gasteiger partial charge in [-0.15, -0.1) is 0 Å². The highest BCUT2D eigenvalue weighted by molar-refractivity contribution is 5.69. The third-order valence-corrected chi connectivity index (χ3v) is 3.16. The molecule has 0 saturated carbocycles. The number of unbranched alkanes of at least 4 members (excludes halogenated alkanes) is 2. The zero-order valence-electron chi connectivity index (χ0n) is 11.4. The normalized spacial score (nSPS) is 18.5. The number of nitrogens with zero attached hydrogens (tertiary/aromatic N) is 1. The highest BCUT2D eigenvalue weighted by Gasteiger charge is 2.31. The molecule has 2 rings (SSSR count). The molecule has 1 unspecified atom stereocenters. The van der Waals surface area contributed by atoms with Gasteiger partial charge < -0.3 is 14.4 Å².